The molecule has 0 spiro atoms. The van der Waals surface area contributed by atoms with Crippen LogP contribution >= 0.6 is 0 Å². The van der Waals surface area contributed by atoms with E-state index >= 15 is 0 Å². The van der Waals surface area contributed by atoms with E-state index in [1.807, 2.05) is 0 Å². The number of methoxy groups -OCH3 is 2. The summed E-state index contributed by atoms with van der Waals surface area (Å²) in [5, 5.41) is 4.98. The third-order valence-electron chi connectivity index (χ3n) is 3.96. The zero-order valence-electron chi connectivity index (χ0n) is 16.9. The Morgan fingerprint density at radius 3 is 1.48 bits per heavy atom. The molecule has 0 saturated heterocycles. The minimum atomic E-state index is -0.589. The fourth-order valence-corrected chi connectivity index (χ4v) is 2.43. The van der Waals surface area contributed by atoms with Crippen molar-refractivity contribution in [2.45, 2.75) is 0 Å². The van der Waals surface area contributed by atoms with Crippen molar-refractivity contribution in [3.8, 4) is 0 Å². The van der Waals surface area contributed by atoms with Gasteiger partial charge in [-0.25, -0.2) is 9.59 Å². The lowest BCUT2D eigenvalue weighted by atomic mass is 10.1. The molecule has 31 heavy (non-hydrogen) atoms. The summed E-state index contributed by atoms with van der Waals surface area (Å²) in [4.78, 5) is 47.3. The number of esters is 2. The molecule has 0 heterocycles. The van der Waals surface area contributed by atoms with Crippen LogP contribution in [0.15, 0.2) is 36.4 Å². The van der Waals surface area contributed by atoms with Crippen LogP contribution in [0.5, 0.6) is 0 Å². The molecule has 0 radical (unpaired) electrons. The predicted molar refractivity (Wildman–Crippen MR) is 112 cm³/mol. The lowest BCUT2D eigenvalue weighted by Gasteiger charge is -2.11. The fraction of sp³-hybridized carbons (Fsp3) is 0.200. The minimum Gasteiger partial charge on any atom is -0.465 e. The molecule has 0 atom stereocenters. The molecule has 0 bridgehead atoms. The Morgan fingerprint density at radius 2 is 1.13 bits per heavy atom. The van der Waals surface area contributed by atoms with Crippen molar-refractivity contribution in [3.63, 3.8) is 0 Å². The van der Waals surface area contributed by atoms with Crippen molar-refractivity contribution >= 4 is 46.5 Å². The van der Waals surface area contributed by atoms with Crippen LogP contribution in [0.1, 0.15) is 20.7 Å². The van der Waals surface area contributed by atoms with Crippen LogP contribution in [-0.4, -0.2) is 51.2 Å². The molecule has 0 aliphatic rings. The Kier molecular flexibility index (Phi) is 7.92. The maximum Gasteiger partial charge on any atom is 0.337 e. The SMILES string of the molecule is COC(=O)c1ccc(N)c(NC(=O)COCC(=O)Nc2cc(C(=O)OC)ccc2N)c1. The monoisotopic (exact) mass is 430 g/mol. The molecule has 2 aromatic rings. The Hall–Kier alpha value is -4.12. The molecule has 0 fully saturated rings. The normalized spacial score (nSPS) is 10.1. The summed E-state index contributed by atoms with van der Waals surface area (Å²) in [6.07, 6.45) is 0. The number of hydrogen-bond acceptors (Lipinski definition) is 9. The quantitative estimate of drug-likeness (QED) is 0.352. The number of hydrogen-bond donors (Lipinski definition) is 4. The molecule has 11 heteroatoms. The summed E-state index contributed by atoms with van der Waals surface area (Å²) < 4.78 is 14.3. The fourth-order valence-electron chi connectivity index (χ4n) is 2.43. The van der Waals surface area contributed by atoms with Gasteiger partial charge in [-0.3, -0.25) is 9.59 Å². The van der Waals surface area contributed by atoms with E-state index in [1.54, 1.807) is 0 Å². The first-order chi connectivity index (χ1) is 14.7. The maximum atomic E-state index is 12.1. The number of nitrogens with one attached hydrogen (secondary N) is 2. The molecule has 0 unspecified atom stereocenters. The standard InChI is InChI=1S/C20H22N4O7/c1-29-19(27)11-3-5-13(21)15(7-11)23-17(25)9-31-10-18(26)24-16-8-12(20(28)30-2)4-6-14(16)22/h3-8H,9-10,21-22H2,1-2H3,(H,23,25)(H,24,26). The number of ether oxygens (including phenoxy) is 3. The van der Waals surface area contributed by atoms with Gasteiger partial charge >= 0.3 is 11.9 Å². The zero-order chi connectivity index (χ0) is 23.0. The first kappa shape index (κ1) is 23.2. The average molecular weight is 430 g/mol. The molecule has 0 aromatic heterocycles. The molecule has 0 aliphatic carbocycles. The summed E-state index contributed by atoms with van der Waals surface area (Å²) in [5.74, 6) is -2.35. The van der Waals surface area contributed by atoms with Crippen LogP contribution in [0, 0.1) is 0 Å². The maximum absolute atomic E-state index is 12.1. The smallest absolute Gasteiger partial charge is 0.337 e. The highest BCUT2D eigenvalue weighted by Crippen LogP contribution is 2.21. The van der Waals surface area contributed by atoms with Crippen molar-refractivity contribution in [1.29, 1.82) is 0 Å². The average Bonchev–Trinajstić information content (AvgIpc) is 2.75. The third-order valence-corrected chi connectivity index (χ3v) is 3.96. The number of nitrogens with two attached hydrogens (primary N) is 2. The van der Waals surface area contributed by atoms with Crippen molar-refractivity contribution < 1.29 is 33.4 Å². The van der Waals surface area contributed by atoms with Gasteiger partial charge in [0.15, 0.2) is 0 Å². The van der Waals surface area contributed by atoms with Crippen LogP contribution in [0.2, 0.25) is 0 Å². The Balaban J connectivity index is 1.88. The van der Waals surface area contributed by atoms with Gasteiger partial charge in [-0.15, -0.1) is 0 Å². The Morgan fingerprint density at radius 1 is 0.742 bits per heavy atom. The minimum absolute atomic E-state index is 0.202. The van der Waals surface area contributed by atoms with E-state index < -0.39 is 37.0 Å². The van der Waals surface area contributed by atoms with Gasteiger partial charge in [0.25, 0.3) is 0 Å². The largest absolute Gasteiger partial charge is 0.465 e. The summed E-state index contributed by atoms with van der Waals surface area (Å²) in [5.41, 5.74) is 12.9. The van der Waals surface area contributed by atoms with Gasteiger partial charge in [-0.2, -0.15) is 0 Å². The van der Waals surface area contributed by atoms with Crippen LogP contribution < -0.4 is 22.1 Å². The van der Waals surface area contributed by atoms with E-state index in [0.29, 0.717) is 0 Å². The number of amides is 2. The van der Waals surface area contributed by atoms with Crippen molar-refractivity contribution in [3.05, 3.63) is 47.5 Å². The van der Waals surface area contributed by atoms with E-state index in [9.17, 15) is 19.2 Å². The molecular weight excluding hydrogens is 408 g/mol. The van der Waals surface area contributed by atoms with Gasteiger partial charge in [0, 0.05) is 0 Å². The first-order valence-electron chi connectivity index (χ1n) is 8.88. The summed E-state index contributed by atoms with van der Waals surface area (Å²) in [6.45, 7) is -0.903. The number of anilines is 4. The van der Waals surface area contributed by atoms with Gasteiger partial charge in [-0.1, -0.05) is 0 Å². The molecule has 2 amide bonds. The van der Waals surface area contributed by atoms with Crippen LogP contribution in [0.25, 0.3) is 0 Å². The summed E-state index contributed by atoms with van der Waals surface area (Å²) in [7, 11) is 2.46. The Bertz CT molecular complexity index is 928. The second kappa shape index (κ2) is 10.6. The zero-order valence-corrected chi connectivity index (χ0v) is 16.9. The first-order valence-corrected chi connectivity index (χ1v) is 8.88. The van der Waals surface area contributed by atoms with Crippen molar-refractivity contribution in [1.82, 2.24) is 0 Å². The van der Waals surface area contributed by atoms with Crippen LogP contribution in [0.4, 0.5) is 22.7 Å². The van der Waals surface area contributed by atoms with Gasteiger partial charge in [0.1, 0.15) is 13.2 Å². The van der Waals surface area contributed by atoms with Crippen molar-refractivity contribution in [2.24, 2.45) is 0 Å². The molecule has 0 aliphatic heterocycles. The van der Waals surface area contributed by atoms with Crippen LogP contribution in [-0.2, 0) is 23.8 Å². The van der Waals surface area contributed by atoms with Gasteiger partial charge in [-0.05, 0) is 36.4 Å². The lowest BCUT2D eigenvalue weighted by molar-refractivity contribution is -0.125. The highest BCUT2D eigenvalue weighted by atomic mass is 16.5. The highest BCUT2D eigenvalue weighted by Gasteiger charge is 2.13. The number of carbonyl (C=O) groups is 4. The molecule has 11 nitrogen and oxygen atoms in total. The second-order valence-electron chi connectivity index (χ2n) is 6.18. The summed E-state index contributed by atoms with van der Waals surface area (Å²) >= 11 is 0. The van der Waals surface area contributed by atoms with E-state index in [-0.39, 0.29) is 33.9 Å². The molecule has 0 saturated carbocycles. The van der Waals surface area contributed by atoms with E-state index in [1.165, 1.54) is 50.6 Å². The highest BCUT2D eigenvalue weighted by molar-refractivity contribution is 5.99. The van der Waals surface area contributed by atoms with Crippen molar-refractivity contribution in [2.75, 3.05) is 49.5 Å². The van der Waals surface area contributed by atoms with E-state index in [2.05, 4.69) is 20.1 Å². The van der Waals surface area contributed by atoms with Gasteiger partial charge in [0.2, 0.25) is 11.8 Å². The van der Waals surface area contributed by atoms with Crippen LogP contribution in [0.3, 0.4) is 0 Å². The molecule has 6 N–H and O–H groups in total. The number of rotatable bonds is 8. The van der Waals surface area contributed by atoms with Gasteiger partial charge < -0.3 is 36.3 Å². The number of benzene rings is 2. The predicted octanol–water partition coefficient (Wildman–Crippen LogP) is 1.02. The molecule has 2 rings (SSSR count). The van der Waals surface area contributed by atoms with Gasteiger partial charge in [0.05, 0.1) is 48.1 Å². The van der Waals surface area contributed by atoms with E-state index in [0.717, 1.165) is 0 Å². The lowest BCUT2D eigenvalue weighted by Crippen LogP contribution is -2.24. The third kappa shape index (κ3) is 6.44. The topological polar surface area (TPSA) is 172 Å². The van der Waals surface area contributed by atoms with E-state index in [4.69, 9.17) is 16.2 Å². The molecule has 164 valence electrons. The Labute approximate surface area is 177 Å². The second-order valence-corrected chi connectivity index (χ2v) is 6.18. The molecule has 2 aromatic carbocycles. The summed E-state index contributed by atoms with van der Waals surface area (Å²) in [6, 6.07) is 8.54. The number of carbonyl (C=O) groups excluding carboxylic acids is 4. The number of nitrogen functional groups attached to an aromatic ring is 2. The molecular formula is C20H22N4O7.